The van der Waals surface area contributed by atoms with Gasteiger partial charge in [0.2, 0.25) is 0 Å². The molecular weight excluding hydrogens is 436 g/mol. The maximum Gasteiger partial charge on any atom is 0.336 e. The summed E-state index contributed by atoms with van der Waals surface area (Å²) in [5.41, 5.74) is -2.71. The van der Waals surface area contributed by atoms with Crippen LogP contribution in [0.2, 0.25) is 0 Å². The molecule has 10 heteroatoms. The lowest BCUT2D eigenvalue weighted by atomic mass is 9.71. The smallest absolute Gasteiger partial charge is 0.336 e. The average molecular weight is 466 g/mol. The van der Waals surface area contributed by atoms with Crippen LogP contribution in [-0.2, 0) is 42.9 Å². The summed E-state index contributed by atoms with van der Waals surface area (Å²) in [6.45, 7) is 6.58. The second kappa shape index (κ2) is 13.2. The number of carbonyl (C=O) groups is 5. The van der Waals surface area contributed by atoms with E-state index >= 15 is 0 Å². The quantitative estimate of drug-likeness (QED) is 0.241. The predicted octanol–water partition coefficient (Wildman–Crippen LogP) is 1.98. The summed E-state index contributed by atoms with van der Waals surface area (Å²) in [7, 11) is 0. The largest absolute Gasteiger partial charge is 0.486 e. The molecule has 0 saturated carbocycles. The third kappa shape index (κ3) is 6.53. The van der Waals surface area contributed by atoms with Crippen molar-refractivity contribution in [1.82, 2.24) is 0 Å². The molecule has 1 atom stereocenters. The molecule has 0 radical (unpaired) electrons. The molecule has 33 heavy (non-hydrogen) atoms. The Kier molecular flexibility index (Phi) is 11.0. The molecule has 0 N–H and O–H groups in total. The van der Waals surface area contributed by atoms with Crippen LogP contribution in [-0.4, -0.2) is 62.7 Å². The highest BCUT2D eigenvalue weighted by Crippen LogP contribution is 2.42. The van der Waals surface area contributed by atoms with Crippen molar-refractivity contribution in [2.45, 2.75) is 40.5 Å². The summed E-state index contributed by atoms with van der Waals surface area (Å²) in [5, 5.41) is 0. The van der Waals surface area contributed by atoms with Crippen LogP contribution in [0.15, 0.2) is 24.3 Å². The Balaban J connectivity index is 3.77. The molecule has 0 saturated heterocycles. The third-order valence-corrected chi connectivity index (χ3v) is 4.40. The van der Waals surface area contributed by atoms with Crippen molar-refractivity contribution >= 4 is 29.7 Å². The lowest BCUT2D eigenvalue weighted by molar-refractivity contribution is -0.190. The minimum absolute atomic E-state index is 0.0813. The fourth-order valence-electron chi connectivity index (χ4n) is 3.07. The molecule has 0 fully saturated rings. The second-order valence-electron chi connectivity index (χ2n) is 6.71. The van der Waals surface area contributed by atoms with Crippen LogP contribution in [0, 0.1) is 5.41 Å². The summed E-state index contributed by atoms with van der Waals surface area (Å²) in [5.74, 6) is -6.58. The Labute approximate surface area is 192 Å². The zero-order valence-corrected chi connectivity index (χ0v) is 19.5. The van der Waals surface area contributed by atoms with Gasteiger partial charge in [-0.25, -0.2) is 0 Å². The normalized spacial score (nSPS) is 11.7. The van der Waals surface area contributed by atoms with E-state index in [2.05, 4.69) is 0 Å². The van der Waals surface area contributed by atoms with E-state index in [1.807, 2.05) is 0 Å². The molecule has 0 spiro atoms. The number of ether oxygens (including phenoxy) is 5. The van der Waals surface area contributed by atoms with Crippen LogP contribution in [0.5, 0.6) is 5.75 Å². The van der Waals surface area contributed by atoms with Gasteiger partial charge in [-0.3, -0.25) is 24.0 Å². The molecule has 0 aliphatic heterocycles. The maximum atomic E-state index is 13.2. The molecule has 10 nitrogen and oxygen atoms in total. The lowest BCUT2D eigenvalue weighted by Crippen LogP contribution is -2.55. The Bertz CT molecular complexity index is 798. The van der Waals surface area contributed by atoms with Gasteiger partial charge >= 0.3 is 23.9 Å². The molecule has 182 valence electrons. The van der Waals surface area contributed by atoms with Crippen molar-refractivity contribution in [2.24, 2.45) is 5.41 Å². The monoisotopic (exact) mass is 466 g/mol. The number of ketones is 1. The Morgan fingerprint density at radius 2 is 1.15 bits per heavy atom. The van der Waals surface area contributed by atoms with Crippen molar-refractivity contribution in [3.8, 4) is 5.75 Å². The first-order valence-corrected chi connectivity index (χ1v) is 10.6. The summed E-state index contributed by atoms with van der Waals surface area (Å²) < 4.78 is 25.6. The molecule has 0 aliphatic rings. The van der Waals surface area contributed by atoms with Gasteiger partial charge in [-0.05, 0) is 52.3 Å². The molecule has 1 rings (SSSR count). The molecule has 0 aromatic heterocycles. The Morgan fingerprint density at radius 3 is 1.52 bits per heavy atom. The molecule has 1 aromatic carbocycles. The highest BCUT2D eigenvalue weighted by atomic mass is 16.6. The Hall–Kier alpha value is -3.43. The summed E-state index contributed by atoms with van der Waals surface area (Å²) in [4.78, 5) is 63.8. The molecule has 1 aromatic rings. The van der Waals surface area contributed by atoms with E-state index < -0.39 is 35.2 Å². The van der Waals surface area contributed by atoms with Gasteiger partial charge in [-0.15, -0.1) is 0 Å². The van der Waals surface area contributed by atoms with Gasteiger partial charge in [0.15, 0.2) is 5.78 Å². The highest BCUT2D eigenvalue weighted by molar-refractivity contribution is 6.21. The minimum Gasteiger partial charge on any atom is -0.486 e. The van der Waals surface area contributed by atoms with Crippen LogP contribution >= 0.6 is 0 Å². The number of esters is 4. The predicted molar refractivity (Wildman–Crippen MR) is 114 cm³/mol. The first-order valence-electron chi connectivity index (χ1n) is 10.6. The van der Waals surface area contributed by atoms with E-state index in [-0.39, 0.29) is 44.4 Å². The van der Waals surface area contributed by atoms with Crippen molar-refractivity contribution in [3.63, 3.8) is 0 Å². The second-order valence-corrected chi connectivity index (χ2v) is 6.71. The van der Waals surface area contributed by atoms with Crippen molar-refractivity contribution < 1.29 is 47.7 Å². The Morgan fingerprint density at radius 1 is 0.727 bits per heavy atom. The van der Waals surface area contributed by atoms with E-state index in [0.29, 0.717) is 5.75 Å². The first-order chi connectivity index (χ1) is 15.7. The van der Waals surface area contributed by atoms with E-state index in [9.17, 15) is 24.0 Å². The van der Waals surface area contributed by atoms with Crippen molar-refractivity contribution in [2.75, 3.05) is 33.0 Å². The molecule has 1 unspecified atom stereocenters. The number of carbonyl (C=O) groups excluding carboxylic acids is 5. The molecular formula is C23H30O10. The fraction of sp³-hybridized carbons (Fsp3) is 0.522. The van der Waals surface area contributed by atoms with Gasteiger partial charge in [-0.1, -0.05) is 12.1 Å². The van der Waals surface area contributed by atoms with E-state index in [1.165, 1.54) is 58.9 Å². The van der Waals surface area contributed by atoms with Crippen LogP contribution < -0.4 is 4.74 Å². The van der Waals surface area contributed by atoms with E-state index in [1.54, 1.807) is 0 Å². The fourth-order valence-corrected chi connectivity index (χ4v) is 3.07. The molecule has 0 heterocycles. The number of Topliss-reactive ketones (excluding diaryl/α,β-unsaturated/α-hetero) is 1. The van der Waals surface area contributed by atoms with Gasteiger partial charge in [-0.2, -0.15) is 0 Å². The maximum absolute atomic E-state index is 13.2. The van der Waals surface area contributed by atoms with Crippen LogP contribution in [0.4, 0.5) is 0 Å². The van der Waals surface area contributed by atoms with Gasteiger partial charge in [0, 0.05) is 0 Å². The number of hydrogen-bond donors (Lipinski definition) is 0. The van der Waals surface area contributed by atoms with E-state index in [0.717, 1.165) is 0 Å². The lowest BCUT2D eigenvalue weighted by Gasteiger charge is -2.33. The third-order valence-electron chi connectivity index (χ3n) is 4.40. The topological polar surface area (TPSA) is 132 Å². The zero-order valence-electron chi connectivity index (χ0n) is 19.5. The summed E-state index contributed by atoms with van der Waals surface area (Å²) in [6.07, 6.45) is 0. The van der Waals surface area contributed by atoms with Gasteiger partial charge in [0.1, 0.15) is 18.3 Å². The minimum atomic E-state index is -2.80. The standard InChI is InChI=1S/C23H30O10/c1-6-29-19(25)18(16-10-12-17(13-11-16)33-14-15(5)24)23(20(26)30-7-2,21(27)31-8-3)22(28)32-9-4/h10-13,18H,6-9,14H2,1-5H3. The first kappa shape index (κ1) is 27.6. The molecule has 0 aliphatic carbocycles. The van der Waals surface area contributed by atoms with Gasteiger partial charge in [0.25, 0.3) is 5.41 Å². The van der Waals surface area contributed by atoms with Crippen molar-refractivity contribution in [1.29, 1.82) is 0 Å². The number of hydrogen-bond acceptors (Lipinski definition) is 10. The zero-order chi connectivity index (χ0) is 25.0. The summed E-state index contributed by atoms with van der Waals surface area (Å²) >= 11 is 0. The van der Waals surface area contributed by atoms with Crippen molar-refractivity contribution in [3.05, 3.63) is 29.8 Å². The molecule has 0 amide bonds. The number of rotatable bonds is 13. The van der Waals surface area contributed by atoms with E-state index in [4.69, 9.17) is 23.7 Å². The number of benzene rings is 1. The molecule has 0 bridgehead atoms. The van der Waals surface area contributed by atoms with Gasteiger partial charge < -0.3 is 23.7 Å². The van der Waals surface area contributed by atoms with Crippen LogP contribution in [0.25, 0.3) is 0 Å². The van der Waals surface area contributed by atoms with Crippen LogP contribution in [0.3, 0.4) is 0 Å². The highest BCUT2D eigenvalue weighted by Gasteiger charge is 2.66. The van der Waals surface area contributed by atoms with Crippen LogP contribution in [0.1, 0.15) is 46.1 Å². The van der Waals surface area contributed by atoms with Gasteiger partial charge in [0.05, 0.1) is 26.4 Å². The average Bonchev–Trinajstić information content (AvgIpc) is 2.76. The summed E-state index contributed by atoms with van der Waals surface area (Å²) in [6, 6.07) is 5.61. The SMILES string of the molecule is CCOC(=O)C(c1ccc(OCC(C)=O)cc1)C(C(=O)OCC)(C(=O)OCC)C(=O)OCC.